The summed E-state index contributed by atoms with van der Waals surface area (Å²) in [6.45, 7) is 2.46. The van der Waals surface area contributed by atoms with Crippen LogP contribution in [0, 0.1) is 0 Å². The van der Waals surface area contributed by atoms with E-state index in [0.717, 1.165) is 17.7 Å². The van der Waals surface area contributed by atoms with Crippen LogP contribution in [0.4, 0.5) is 0 Å². The molecule has 8 heteroatoms. The molecule has 0 N–H and O–H groups in total. The number of amides is 1. The van der Waals surface area contributed by atoms with E-state index in [1.807, 2.05) is 52.9 Å². The van der Waals surface area contributed by atoms with Crippen molar-refractivity contribution in [2.75, 3.05) is 7.11 Å². The van der Waals surface area contributed by atoms with Crippen LogP contribution in [0.1, 0.15) is 17.4 Å². The lowest BCUT2D eigenvalue weighted by molar-refractivity contribution is -0.134. The number of hydrogen-bond donors (Lipinski definition) is 0. The SMILES string of the molecule is COc1ccc(CN(C(=O)Cn2cnc3sccc3c2=O)[C@@H](C)Cc2cccs2)cc1. The molecule has 0 aliphatic carbocycles. The first-order valence-electron chi connectivity index (χ1n) is 9.92. The molecule has 0 bridgehead atoms. The van der Waals surface area contributed by atoms with E-state index < -0.39 is 0 Å². The molecule has 31 heavy (non-hydrogen) atoms. The summed E-state index contributed by atoms with van der Waals surface area (Å²) >= 11 is 3.10. The summed E-state index contributed by atoms with van der Waals surface area (Å²) in [7, 11) is 1.63. The Labute approximate surface area is 188 Å². The second kappa shape index (κ2) is 9.45. The van der Waals surface area contributed by atoms with Crippen LogP contribution < -0.4 is 10.3 Å². The predicted octanol–water partition coefficient (Wildman–Crippen LogP) is 4.19. The number of rotatable bonds is 8. The summed E-state index contributed by atoms with van der Waals surface area (Å²) in [6.07, 6.45) is 2.23. The van der Waals surface area contributed by atoms with Crippen molar-refractivity contribution in [3.8, 4) is 5.75 Å². The molecular weight excluding hydrogens is 430 g/mol. The van der Waals surface area contributed by atoms with E-state index in [2.05, 4.69) is 11.1 Å². The summed E-state index contributed by atoms with van der Waals surface area (Å²) < 4.78 is 6.64. The molecule has 0 fully saturated rings. The first-order chi connectivity index (χ1) is 15.0. The summed E-state index contributed by atoms with van der Waals surface area (Å²) in [5, 5.41) is 4.43. The quantitative estimate of drug-likeness (QED) is 0.401. The van der Waals surface area contributed by atoms with Crippen LogP contribution in [-0.2, 0) is 24.3 Å². The highest BCUT2D eigenvalue weighted by atomic mass is 32.1. The van der Waals surface area contributed by atoms with Crippen molar-refractivity contribution in [2.24, 2.45) is 0 Å². The molecule has 3 aromatic heterocycles. The van der Waals surface area contributed by atoms with Gasteiger partial charge in [-0.05, 0) is 47.5 Å². The number of thiophene rings is 2. The fourth-order valence-corrected chi connectivity index (χ4v) is 5.04. The van der Waals surface area contributed by atoms with E-state index in [-0.39, 0.29) is 24.1 Å². The molecule has 4 aromatic rings. The van der Waals surface area contributed by atoms with Gasteiger partial charge in [0.25, 0.3) is 5.56 Å². The van der Waals surface area contributed by atoms with Crippen molar-refractivity contribution in [3.05, 3.63) is 80.3 Å². The molecule has 0 aliphatic rings. The van der Waals surface area contributed by atoms with Crippen molar-refractivity contribution < 1.29 is 9.53 Å². The fourth-order valence-electron chi connectivity index (χ4n) is 3.49. The molecular formula is C23H23N3O3S2. The molecule has 0 spiro atoms. The maximum Gasteiger partial charge on any atom is 0.262 e. The van der Waals surface area contributed by atoms with Gasteiger partial charge in [-0.1, -0.05) is 18.2 Å². The molecule has 4 rings (SSSR count). The molecule has 0 radical (unpaired) electrons. The third-order valence-electron chi connectivity index (χ3n) is 5.20. The van der Waals surface area contributed by atoms with Crippen LogP contribution in [0.2, 0.25) is 0 Å². The Hall–Kier alpha value is -2.97. The molecule has 0 unspecified atom stereocenters. The molecule has 3 heterocycles. The molecule has 160 valence electrons. The third kappa shape index (κ3) is 4.86. The lowest BCUT2D eigenvalue weighted by Gasteiger charge is -2.29. The second-order valence-electron chi connectivity index (χ2n) is 7.32. The Bertz CT molecular complexity index is 1210. The van der Waals surface area contributed by atoms with E-state index in [1.54, 1.807) is 24.5 Å². The third-order valence-corrected chi connectivity index (χ3v) is 6.92. The number of ether oxygens (including phenoxy) is 1. The Balaban J connectivity index is 1.58. The largest absolute Gasteiger partial charge is 0.497 e. The Morgan fingerprint density at radius 1 is 1.16 bits per heavy atom. The first-order valence-corrected chi connectivity index (χ1v) is 11.7. The van der Waals surface area contributed by atoms with Crippen molar-refractivity contribution in [1.82, 2.24) is 14.5 Å². The number of aromatic nitrogens is 2. The number of carbonyl (C=O) groups is 1. The smallest absolute Gasteiger partial charge is 0.262 e. The standard InChI is InChI=1S/C23H23N3O3S2/c1-16(12-19-4-3-10-30-19)26(13-17-5-7-18(29-2)8-6-17)21(27)14-25-15-24-22-20(23(25)28)9-11-31-22/h3-11,15-16H,12-14H2,1-2H3/t16-/m0/s1. The van der Waals surface area contributed by atoms with Crippen molar-refractivity contribution >= 4 is 38.8 Å². The highest BCUT2D eigenvalue weighted by Crippen LogP contribution is 2.19. The molecule has 0 saturated carbocycles. The van der Waals surface area contributed by atoms with Gasteiger partial charge in [0.15, 0.2) is 0 Å². The van der Waals surface area contributed by atoms with E-state index >= 15 is 0 Å². The summed E-state index contributed by atoms with van der Waals surface area (Å²) in [6, 6.07) is 13.5. The zero-order chi connectivity index (χ0) is 21.8. The van der Waals surface area contributed by atoms with Gasteiger partial charge in [-0.3, -0.25) is 14.2 Å². The van der Waals surface area contributed by atoms with Gasteiger partial charge in [-0.2, -0.15) is 0 Å². The number of hydrogen-bond acceptors (Lipinski definition) is 6. The van der Waals surface area contributed by atoms with Gasteiger partial charge in [-0.15, -0.1) is 22.7 Å². The zero-order valence-electron chi connectivity index (χ0n) is 17.4. The number of benzene rings is 1. The van der Waals surface area contributed by atoms with Crippen LogP contribution in [0.5, 0.6) is 5.75 Å². The van der Waals surface area contributed by atoms with Gasteiger partial charge in [0.05, 0.1) is 18.8 Å². The number of carbonyl (C=O) groups excluding carboxylic acids is 1. The number of nitrogens with zero attached hydrogens (tertiary/aromatic N) is 3. The lowest BCUT2D eigenvalue weighted by atomic mass is 10.1. The highest BCUT2D eigenvalue weighted by molar-refractivity contribution is 7.16. The molecule has 1 aromatic carbocycles. The summed E-state index contributed by atoms with van der Waals surface area (Å²) in [5.41, 5.74) is 0.820. The van der Waals surface area contributed by atoms with Gasteiger partial charge >= 0.3 is 0 Å². The topological polar surface area (TPSA) is 64.4 Å². The number of methoxy groups -OCH3 is 1. The van der Waals surface area contributed by atoms with E-state index in [1.165, 1.54) is 27.1 Å². The van der Waals surface area contributed by atoms with Gasteiger partial charge < -0.3 is 9.64 Å². The lowest BCUT2D eigenvalue weighted by Crippen LogP contribution is -2.42. The molecule has 0 aliphatic heterocycles. The van der Waals surface area contributed by atoms with Gasteiger partial charge in [0, 0.05) is 23.9 Å². The van der Waals surface area contributed by atoms with E-state index in [9.17, 15) is 9.59 Å². The van der Waals surface area contributed by atoms with Gasteiger partial charge in [-0.25, -0.2) is 4.98 Å². The fraction of sp³-hybridized carbons (Fsp3) is 0.261. The summed E-state index contributed by atoms with van der Waals surface area (Å²) in [5.74, 6) is 0.660. The van der Waals surface area contributed by atoms with E-state index in [0.29, 0.717) is 16.8 Å². The summed E-state index contributed by atoms with van der Waals surface area (Å²) in [4.78, 5) is 34.2. The molecule has 0 saturated heterocycles. The average molecular weight is 454 g/mol. The predicted molar refractivity (Wildman–Crippen MR) is 125 cm³/mol. The minimum Gasteiger partial charge on any atom is -0.497 e. The Kier molecular flexibility index (Phi) is 6.48. The van der Waals surface area contributed by atoms with Crippen LogP contribution in [-0.4, -0.2) is 33.5 Å². The second-order valence-corrected chi connectivity index (χ2v) is 9.25. The maximum absolute atomic E-state index is 13.4. The zero-order valence-corrected chi connectivity index (χ0v) is 19.0. The molecule has 1 atom stereocenters. The van der Waals surface area contributed by atoms with Crippen LogP contribution >= 0.6 is 22.7 Å². The van der Waals surface area contributed by atoms with Crippen molar-refractivity contribution in [2.45, 2.75) is 32.5 Å². The maximum atomic E-state index is 13.4. The van der Waals surface area contributed by atoms with Crippen LogP contribution in [0.15, 0.2) is 64.3 Å². The van der Waals surface area contributed by atoms with Crippen molar-refractivity contribution in [1.29, 1.82) is 0 Å². The minimum absolute atomic E-state index is 0.0261. The Morgan fingerprint density at radius 2 is 1.97 bits per heavy atom. The molecule has 6 nitrogen and oxygen atoms in total. The van der Waals surface area contributed by atoms with E-state index in [4.69, 9.17) is 4.74 Å². The minimum atomic E-state index is -0.185. The van der Waals surface area contributed by atoms with Gasteiger partial charge in [0.1, 0.15) is 17.1 Å². The van der Waals surface area contributed by atoms with Crippen molar-refractivity contribution in [3.63, 3.8) is 0 Å². The monoisotopic (exact) mass is 453 g/mol. The van der Waals surface area contributed by atoms with Crippen LogP contribution in [0.25, 0.3) is 10.2 Å². The number of fused-ring (bicyclic) bond motifs is 1. The Morgan fingerprint density at radius 3 is 2.68 bits per heavy atom. The van der Waals surface area contributed by atoms with Crippen LogP contribution in [0.3, 0.4) is 0 Å². The van der Waals surface area contributed by atoms with Gasteiger partial charge in [0.2, 0.25) is 5.91 Å². The normalized spacial score (nSPS) is 12.1. The average Bonchev–Trinajstić information content (AvgIpc) is 3.46. The molecule has 1 amide bonds. The first kappa shape index (κ1) is 21.3. The highest BCUT2D eigenvalue weighted by Gasteiger charge is 2.22.